The van der Waals surface area contributed by atoms with Gasteiger partial charge in [-0.2, -0.15) is 0 Å². The highest BCUT2D eigenvalue weighted by molar-refractivity contribution is 5.92. The van der Waals surface area contributed by atoms with Crippen LogP contribution in [0.3, 0.4) is 0 Å². The van der Waals surface area contributed by atoms with Crippen molar-refractivity contribution in [3.63, 3.8) is 0 Å². The molecule has 1 fully saturated rings. The van der Waals surface area contributed by atoms with Gasteiger partial charge >= 0.3 is 11.9 Å². The number of ether oxygens (including phenoxy) is 2. The minimum absolute atomic E-state index is 0.0170. The molecule has 2 aromatic carbocycles. The Labute approximate surface area is 228 Å². The van der Waals surface area contributed by atoms with Crippen LogP contribution in [0.5, 0.6) is 11.5 Å². The number of carbonyl (C=O) groups excluding carboxylic acids is 2. The van der Waals surface area contributed by atoms with Crippen molar-refractivity contribution in [2.45, 2.75) is 116 Å². The molecule has 0 radical (unpaired) electrons. The number of benzene rings is 2. The zero-order chi connectivity index (χ0) is 26.5. The van der Waals surface area contributed by atoms with E-state index in [9.17, 15) is 9.59 Å². The Bertz CT molecular complexity index is 1050. The molecule has 5 rings (SSSR count). The molecule has 0 spiro atoms. The second-order valence-corrected chi connectivity index (χ2v) is 11.7. The normalized spacial score (nSPS) is 22.9. The number of esters is 2. The minimum Gasteiger partial charge on any atom is -0.426 e. The Hall–Kier alpha value is -2.62. The summed E-state index contributed by atoms with van der Waals surface area (Å²) >= 11 is 0. The van der Waals surface area contributed by atoms with Crippen molar-refractivity contribution in [3.8, 4) is 11.5 Å². The van der Waals surface area contributed by atoms with Gasteiger partial charge in [0, 0.05) is 11.8 Å². The molecule has 2 heterocycles. The fourth-order valence-corrected chi connectivity index (χ4v) is 6.89. The van der Waals surface area contributed by atoms with Crippen LogP contribution in [0.25, 0.3) is 0 Å². The molecule has 2 aromatic rings. The maximum atomic E-state index is 13.0. The van der Waals surface area contributed by atoms with Gasteiger partial charge in [-0.3, -0.25) is 9.59 Å². The summed E-state index contributed by atoms with van der Waals surface area (Å²) in [6.07, 6.45) is 17.4. The van der Waals surface area contributed by atoms with Gasteiger partial charge in [0.05, 0.1) is 11.8 Å². The van der Waals surface area contributed by atoms with Crippen molar-refractivity contribution in [1.29, 1.82) is 0 Å². The third kappa shape index (κ3) is 5.55. The Balaban J connectivity index is 1.32. The summed E-state index contributed by atoms with van der Waals surface area (Å²) in [6, 6.07) is 12.7. The van der Waals surface area contributed by atoms with E-state index in [0.29, 0.717) is 11.5 Å². The molecular formula is C34H44O4. The first-order valence-electron chi connectivity index (χ1n) is 15.3. The molecule has 0 saturated heterocycles. The lowest BCUT2D eigenvalue weighted by Crippen LogP contribution is -2.57. The van der Waals surface area contributed by atoms with Gasteiger partial charge in [0.1, 0.15) is 11.5 Å². The van der Waals surface area contributed by atoms with E-state index in [2.05, 4.69) is 38.1 Å². The first-order chi connectivity index (χ1) is 18.6. The summed E-state index contributed by atoms with van der Waals surface area (Å²) in [4.78, 5) is 26.0. The standard InChI is InChI=1S/C34H44O4/c1-3-5-7-9-11-13-15-23-17-19-27-25(21-23)29-30-26-22-24(16-14-12-10-8-6-4-2)18-20-28(26)38-34(36)32(30)31(29)33(35)37-27/h17-22,29-32H,3-16H2,1-2H3/t29-,30-,31-,32-/m0/s1. The molecule has 4 nitrogen and oxygen atoms in total. The van der Waals surface area contributed by atoms with Gasteiger partial charge in [-0.25, -0.2) is 0 Å². The van der Waals surface area contributed by atoms with E-state index < -0.39 is 11.8 Å². The Morgan fingerprint density at radius 3 is 1.34 bits per heavy atom. The van der Waals surface area contributed by atoms with Gasteiger partial charge in [0.2, 0.25) is 0 Å². The molecule has 0 amide bonds. The topological polar surface area (TPSA) is 52.6 Å². The van der Waals surface area contributed by atoms with Gasteiger partial charge < -0.3 is 9.47 Å². The van der Waals surface area contributed by atoms with Crippen LogP contribution in [0.4, 0.5) is 0 Å². The van der Waals surface area contributed by atoms with Gasteiger partial charge in [0.15, 0.2) is 0 Å². The molecule has 0 bridgehead atoms. The van der Waals surface area contributed by atoms with Crippen LogP contribution in [0, 0.1) is 11.8 Å². The zero-order valence-corrected chi connectivity index (χ0v) is 23.3. The zero-order valence-electron chi connectivity index (χ0n) is 23.3. The molecule has 0 unspecified atom stereocenters. The van der Waals surface area contributed by atoms with E-state index in [1.165, 1.54) is 88.2 Å². The highest BCUT2D eigenvalue weighted by atomic mass is 16.5. The molecule has 204 valence electrons. The average molecular weight is 517 g/mol. The largest absolute Gasteiger partial charge is 0.426 e. The summed E-state index contributed by atoms with van der Waals surface area (Å²) in [5.74, 6) is -0.144. The maximum absolute atomic E-state index is 13.0. The molecule has 1 aliphatic carbocycles. The third-order valence-corrected chi connectivity index (χ3v) is 9.02. The quantitative estimate of drug-likeness (QED) is 0.144. The molecule has 1 saturated carbocycles. The van der Waals surface area contributed by atoms with Crippen molar-refractivity contribution >= 4 is 11.9 Å². The summed E-state index contributed by atoms with van der Waals surface area (Å²) in [5.41, 5.74) is 4.80. The lowest BCUT2D eigenvalue weighted by molar-refractivity contribution is -0.165. The van der Waals surface area contributed by atoms with Gasteiger partial charge in [-0.15, -0.1) is 0 Å². The molecule has 38 heavy (non-hydrogen) atoms. The molecule has 0 N–H and O–H groups in total. The van der Waals surface area contributed by atoms with Crippen LogP contribution in [0.15, 0.2) is 36.4 Å². The molecule has 2 aliphatic heterocycles. The summed E-state index contributed by atoms with van der Waals surface area (Å²) in [7, 11) is 0. The smallest absolute Gasteiger partial charge is 0.315 e. The van der Waals surface area contributed by atoms with Crippen molar-refractivity contribution in [3.05, 3.63) is 58.7 Å². The summed E-state index contributed by atoms with van der Waals surface area (Å²) in [6.45, 7) is 4.50. The van der Waals surface area contributed by atoms with Crippen LogP contribution in [0.2, 0.25) is 0 Å². The molecular weight excluding hydrogens is 472 g/mol. The third-order valence-electron chi connectivity index (χ3n) is 9.02. The number of hydrogen-bond donors (Lipinski definition) is 0. The number of fused-ring (bicyclic) bond motifs is 8. The van der Waals surface area contributed by atoms with Crippen LogP contribution in [0.1, 0.15) is 125 Å². The number of unbranched alkanes of at least 4 members (excludes halogenated alkanes) is 10. The Morgan fingerprint density at radius 2 is 0.921 bits per heavy atom. The van der Waals surface area contributed by atoms with Crippen molar-refractivity contribution in [2.75, 3.05) is 0 Å². The van der Waals surface area contributed by atoms with E-state index in [4.69, 9.17) is 9.47 Å². The number of aryl methyl sites for hydroxylation is 2. The average Bonchev–Trinajstić information content (AvgIpc) is 2.89. The second-order valence-electron chi connectivity index (χ2n) is 11.7. The number of rotatable bonds is 14. The minimum atomic E-state index is -0.445. The predicted octanol–water partition coefficient (Wildman–Crippen LogP) is 8.44. The fourth-order valence-electron chi connectivity index (χ4n) is 6.89. The molecule has 4 atom stereocenters. The summed E-state index contributed by atoms with van der Waals surface area (Å²) in [5, 5.41) is 0. The van der Waals surface area contributed by atoms with Gasteiger partial charge in [-0.05, 0) is 60.1 Å². The fraction of sp³-hybridized carbons (Fsp3) is 0.588. The van der Waals surface area contributed by atoms with Crippen LogP contribution in [-0.2, 0) is 22.4 Å². The van der Waals surface area contributed by atoms with Crippen LogP contribution in [-0.4, -0.2) is 11.9 Å². The van der Waals surface area contributed by atoms with Crippen molar-refractivity contribution in [1.82, 2.24) is 0 Å². The summed E-state index contributed by atoms with van der Waals surface area (Å²) < 4.78 is 11.5. The van der Waals surface area contributed by atoms with E-state index >= 15 is 0 Å². The first kappa shape index (κ1) is 27.0. The van der Waals surface area contributed by atoms with E-state index in [-0.39, 0.29) is 23.8 Å². The lowest BCUT2D eigenvalue weighted by Gasteiger charge is -2.53. The van der Waals surface area contributed by atoms with E-state index in [1.807, 2.05) is 12.1 Å². The predicted molar refractivity (Wildman–Crippen MR) is 151 cm³/mol. The lowest BCUT2D eigenvalue weighted by atomic mass is 9.51. The first-order valence-corrected chi connectivity index (χ1v) is 15.3. The monoisotopic (exact) mass is 516 g/mol. The van der Waals surface area contributed by atoms with Crippen molar-refractivity contribution < 1.29 is 19.1 Å². The molecule has 4 heteroatoms. The Kier molecular flexibility index (Phi) is 8.86. The van der Waals surface area contributed by atoms with E-state index in [1.54, 1.807) is 0 Å². The highest BCUT2D eigenvalue weighted by Crippen LogP contribution is 2.64. The number of hydrogen-bond acceptors (Lipinski definition) is 4. The van der Waals surface area contributed by atoms with Crippen LogP contribution >= 0.6 is 0 Å². The SMILES string of the molecule is CCCCCCCCc1ccc2c(c1)[C@@H]1[C@H](C(=O)O2)[C@H]2C(=O)Oc3ccc(CCCCCCCC)cc3[C@H]21. The van der Waals surface area contributed by atoms with E-state index in [0.717, 1.165) is 24.0 Å². The molecule has 0 aromatic heterocycles. The number of carbonyl (C=O) groups is 2. The van der Waals surface area contributed by atoms with Gasteiger partial charge in [-0.1, -0.05) is 102 Å². The Morgan fingerprint density at radius 1 is 0.526 bits per heavy atom. The second kappa shape index (κ2) is 12.5. The molecule has 3 aliphatic rings. The van der Waals surface area contributed by atoms with Crippen LogP contribution < -0.4 is 9.47 Å². The maximum Gasteiger partial charge on any atom is 0.315 e. The van der Waals surface area contributed by atoms with Gasteiger partial charge in [0.25, 0.3) is 0 Å². The highest BCUT2D eigenvalue weighted by Gasteiger charge is 2.64. The van der Waals surface area contributed by atoms with Crippen molar-refractivity contribution in [2.24, 2.45) is 11.8 Å².